The number of fused-ring (bicyclic) bond motifs is 1. The van der Waals surface area contributed by atoms with E-state index in [1.165, 1.54) is 5.57 Å². The van der Waals surface area contributed by atoms with E-state index in [1.54, 1.807) is 29.3 Å². The Bertz CT molecular complexity index is 2210. The third kappa shape index (κ3) is 7.46. The predicted molar refractivity (Wildman–Crippen MR) is 220 cm³/mol. The van der Waals surface area contributed by atoms with Crippen molar-refractivity contribution in [3.63, 3.8) is 0 Å². The summed E-state index contributed by atoms with van der Waals surface area (Å²) < 4.78 is 6.38. The molecule has 5 aliphatic rings. The summed E-state index contributed by atoms with van der Waals surface area (Å²) in [4.78, 5) is 61.8. The molecule has 4 amide bonds. The van der Waals surface area contributed by atoms with E-state index in [-0.39, 0.29) is 53.0 Å². The van der Waals surface area contributed by atoms with Gasteiger partial charge in [0.25, 0.3) is 11.8 Å². The zero-order valence-corrected chi connectivity index (χ0v) is 34.3. The number of rotatable bonds is 9. The first-order chi connectivity index (χ1) is 27.7. The van der Waals surface area contributed by atoms with Crippen LogP contribution in [0.3, 0.4) is 0 Å². The number of pyridine rings is 1. The number of ether oxygens (including phenoxy) is 1. The van der Waals surface area contributed by atoms with E-state index in [2.05, 4.69) is 66.3 Å². The second kappa shape index (κ2) is 15.5. The van der Waals surface area contributed by atoms with Crippen molar-refractivity contribution in [3.8, 4) is 11.8 Å². The quantitative estimate of drug-likeness (QED) is 0.249. The largest absolute Gasteiger partial charge is 0.489 e. The topological polar surface area (TPSA) is 148 Å². The van der Waals surface area contributed by atoms with Gasteiger partial charge in [-0.2, -0.15) is 5.26 Å². The number of amides is 4. The number of piperidine rings is 2. The van der Waals surface area contributed by atoms with Gasteiger partial charge in [-0.05, 0) is 84.7 Å². The summed E-state index contributed by atoms with van der Waals surface area (Å²) in [6.07, 6.45) is 7.48. The van der Waals surface area contributed by atoms with Crippen LogP contribution in [-0.4, -0.2) is 89.3 Å². The summed E-state index contributed by atoms with van der Waals surface area (Å²) in [5.41, 5.74) is 4.19. The molecule has 302 valence electrons. The minimum Gasteiger partial charge on any atom is -0.489 e. The Labute approximate surface area is 344 Å². The molecule has 1 unspecified atom stereocenters. The van der Waals surface area contributed by atoms with Crippen molar-refractivity contribution >= 4 is 46.6 Å². The van der Waals surface area contributed by atoms with Crippen molar-refractivity contribution < 1.29 is 23.9 Å². The van der Waals surface area contributed by atoms with Crippen molar-refractivity contribution in [2.75, 3.05) is 37.6 Å². The monoisotopic (exact) mass is 803 g/mol. The van der Waals surface area contributed by atoms with Crippen LogP contribution in [-0.2, 0) is 16.1 Å². The first-order valence-corrected chi connectivity index (χ1v) is 20.7. The van der Waals surface area contributed by atoms with E-state index in [4.69, 9.17) is 21.3 Å². The molecule has 4 aliphatic heterocycles. The Balaban J connectivity index is 0.797. The van der Waals surface area contributed by atoms with Crippen LogP contribution >= 0.6 is 11.6 Å². The molecule has 0 bridgehead atoms. The minimum absolute atomic E-state index is 0.141. The number of nitriles is 1. The minimum atomic E-state index is -0.607. The van der Waals surface area contributed by atoms with E-state index in [1.807, 2.05) is 24.3 Å². The molecule has 12 nitrogen and oxygen atoms in total. The van der Waals surface area contributed by atoms with Crippen LogP contribution in [0.2, 0.25) is 5.02 Å². The van der Waals surface area contributed by atoms with Gasteiger partial charge in [0.15, 0.2) is 0 Å². The number of halogens is 1. The lowest BCUT2D eigenvalue weighted by Gasteiger charge is -2.63. The Kier molecular flexibility index (Phi) is 10.6. The first-order valence-electron chi connectivity index (χ1n) is 20.3. The van der Waals surface area contributed by atoms with Crippen LogP contribution in [0.4, 0.5) is 5.82 Å². The molecule has 0 radical (unpaired) electrons. The zero-order valence-electron chi connectivity index (χ0n) is 33.5. The van der Waals surface area contributed by atoms with E-state index in [9.17, 15) is 24.4 Å². The fourth-order valence-corrected chi connectivity index (χ4v) is 10.4. The second-order valence-corrected chi connectivity index (χ2v) is 18.1. The molecule has 3 aromatic rings. The number of carbonyl (C=O) groups is 4. The fourth-order valence-electron chi connectivity index (χ4n) is 10.1. The number of benzene rings is 2. The zero-order chi connectivity index (χ0) is 40.9. The van der Waals surface area contributed by atoms with Crippen molar-refractivity contribution in [1.82, 2.24) is 25.4 Å². The average molecular weight is 804 g/mol. The molecule has 1 aromatic heterocycles. The highest BCUT2D eigenvalue weighted by Gasteiger charge is 2.64. The lowest BCUT2D eigenvalue weighted by atomic mass is 9.49. The normalized spacial score (nSPS) is 24.3. The maximum atomic E-state index is 13.5. The summed E-state index contributed by atoms with van der Waals surface area (Å²) in [5.74, 6) is 1.10. The molecule has 8 rings (SSSR count). The third-order valence-corrected chi connectivity index (χ3v) is 13.4. The number of aromatic nitrogens is 1. The van der Waals surface area contributed by atoms with Crippen molar-refractivity contribution in [2.45, 2.75) is 84.5 Å². The average Bonchev–Trinajstić information content (AvgIpc) is 3.54. The van der Waals surface area contributed by atoms with Crippen LogP contribution in [0.25, 0.3) is 5.57 Å². The number of imide groups is 1. The van der Waals surface area contributed by atoms with Crippen LogP contribution < -0.4 is 20.3 Å². The molecular formula is C45H50ClN7O5. The number of nitrogens with one attached hydrogen (secondary N) is 2. The Morgan fingerprint density at radius 3 is 2.43 bits per heavy atom. The summed E-state index contributed by atoms with van der Waals surface area (Å²) in [7, 11) is 0. The molecule has 2 aromatic carbocycles. The molecule has 5 heterocycles. The van der Waals surface area contributed by atoms with Gasteiger partial charge in [0, 0.05) is 80.4 Å². The number of anilines is 1. The molecule has 0 spiro atoms. The first kappa shape index (κ1) is 39.6. The number of carbonyl (C=O) groups excluding carboxylic acids is 4. The Morgan fingerprint density at radius 2 is 1.78 bits per heavy atom. The standard InChI is InChI=1S/C45H50ClN7O5/c1-44(2)42(45(3,4)43(44)58-33-8-5-30(23-47)35(46)22-33)50-39(55)31-7-11-37(48-24-31)52-19-13-27(14-20-52)25-51-17-15-28(16-18-51)29-6-9-34-32(21-29)26-53(41(34)57)36-10-12-38(54)49-40(36)56/h5-9,11,15,21-22,24,27,36,42-43H,10,12-14,16-20,25-26H2,1-4H3,(H,50,55)(H,49,54,56)/t36?,42-,43-. The van der Waals surface area contributed by atoms with Gasteiger partial charge >= 0.3 is 0 Å². The van der Waals surface area contributed by atoms with E-state index >= 15 is 0 Å². The third-order valence-electron chi connectivity index (χ3n) is 13.1. The number of nitrogens with zero attached hydrogens (tertiary/aromatic N) is 5. The van der Waals surface area contributed by atoms with Crippen molar-refractivity contribution in [2.24, 2.45) is 16.7 Å². The molecule has 2 saturated heterocycles. The lowest BCUT2D eigenvalue weighted by Crippen LogP contribution is -2.74. The highest BCUT2D eigenvalue weighted by molar-refractivity contribution is 6.31. The van der Waals surface area contributed by atoms with Gasteiger partial charge in [-0.25, -0.2) is 4.98 Å². The van der Waals surface area contributed by atoms with Gasteiger partial charge in [-0.1, -0.05) is 51.4 Å². The van der Waals surface area contributed by atoms with E-state index in [0.29, 0.717) is 46.3 Å². The van der Waals surface area contributed by atoms with Crippen molar-refractivity contribution in [3.05, 3.63) is 93.6 Å². The maximum Gasteiger partial charge on any atom is 0.255 e. The van der Waals surface area contributed by atoms with Gasteiger partial charge in [0.2, 0.25) is 11.8 Å². The summed E-state index contributed by atoms with van der Waals surface area (Å²) in [5, 5.41) is 15.2. The molecular weight excluding hydrogens is 754 g/mol. The maximum absolute atomic E-state index is 13.5. The van der Waals surface area contributed by atoms with Crippen LogP contribution in [0, 0.1) is 28.1 Å². The van der Waals surface area contributed by atoms with Crippen LogP contribution in [0.15, 0.2) is 60.8 Å². The smallest absolute Gasteiger partial charge is 0.255 e. The summed E-state index contributed by atoms with van der Waals surface area (Å²) in [6.45, 7) is 13.5. The predicted octanol–water partition coefficient (Wildman–Crippen LogP) is 5.99. The molecule has 2 N–H and O–H groups in total. The highest BCUT2D eigenvalue weighted by Crippen LogP contribution is 2.55. The fraction of sp³-hybridized carbons (Fsp3) is 0.467. The second-order valence-electron chi connectivity index (χ2n) is 17.6. The van der Waals surface area contributed by atoms with Crippen LogP contribution in [0.5, 0.6) is 5.75 Å². The molecule has 3 fully saturated rings. The van der Waals surface area contributed by atoms with Crippen LogP contribution in [0.1, 0.15) is 97.2 Å². The van der Waals surface area contributed by atoms with Gasteiger partial charge in [0.1, 0.15) is 29.8 Å². The SMILES string of the molecule is CC1(C)[C@H](NC(=O)c2ccc(N3CCC(CN4CC=C(c5ccc6c(c5)CN(C5CCC(=O)NC5=O)C6=O)CC4)CC3)nc2)C(C)(C)[C@H]1Oc1ccc(C#N)c(Cl)c1. The molecule has 13 heteroatoms. The summed E-state index contributed by atoms with van der Waals surface area (Å²) >= 11 is 6.25. The van der Waals surface area contributed by atoms with Gasteiger partial charge in [0.05, 0.1) is 16.1 Å². The Morgan fingerprint density at radius 1 is 1.00 bits per heavy atom. The number of hydrogen-bond acceptors (Lipinski definition) is 9. The molecule has 58 heavy (non-hydrogen) atoms. The molecule has 1 atom stereocenters. The molecule has 1 aliphatic carbocycles. The van der Waals surface area contributed by atoms with Crippen molar-refractivity contribution in [1.29, 1.82) is 5.26 Å². The van der Waals surface area contributed by atoms with Gasteiger partial charge in [-0.15, -0.1) is 0 Å². The van der Waals surface area contributed by atoms with E-state index < -0.39 is 6.04 Å². The molecule has 1 saturated carbocycles. The highest BCUT2D eigenvalue weighted by atomic mass is 35.5. The lowest BCUT2D eigenvalue weighted by molar-refractivity contribution is -0.164. The number of hydrogen-bond donors (Lipinski definition) is 2. The van der Waals surface area contributed by atoms with Gasteiger partial charge < -0.3 is 19.9 Å². The van der Waals surface area contributed by atoms with Gasteiger partial charge in [-0.3, -0.25) is 29.4 Å². The van der Waals surface area contributed by atoms with E-state index in [0.717, 1.165) is 68.9 Å². The Hall–Kier alpha value is -5.25. The summed E-state index contributed by atoms with van der Waals surface area (Å²) in [6, 6.07) is 16.2.